The van der Waals surface area contributed by atoms with Crippen LogP contribution in [0.5, 0.6) is 0 Å². The van der Waals surface area contributed by atoms with Crippen LogP contribution in [0.2, 0.25) is 0 Å². The van der Waals surface area contributed by atoms with Gasteiger partial charge < -0.3 is 29.7 Å². The van der Waals surface area contributed by atoms with E-state index >= 15 is 0 Å². The second kappa shape index (κ2) is 20.8. The number of hydrogen-bond donors (Lipinski definition) is 0. The van der Waals surface area contributed by atoms with E-state index < -0.39 is 17.9 Å². The zero-order valence-corrected chi connectivity index (χ0v) is 24.6. The van der Waals surface area contributed by atoms with Gasteiger partial charge in [0, 0.05) is 35.7 Å². The minimum absolute atomic E-state index is 0. The molecule has 1 radical (unpaired) electrons. The van der Waals surface area contributed by atoms with E-state index in [9.17, 15) is 29.7 Å². The number of carboxylic acid groups (broad SMARTS) is 3. The molecule has 0 bridgehead atoms. The molecule has 3 aliphatic rings. The van der Waals surface area contributed by atoms with Gasteiger partial charge in [-0.15, -0.1) is 0 Å². The van der Waals surface area contributed by atoms with Crippen LogP contribution in [0, 0.1) is 35.5 Å². The fourth-order valence-electron chi connectivity index (χ4n) is 6.69. The molecule has 3 fully saturated rings. The predicted octanol–water partition coefficient (Wildman–Crippen LogP) is 4.03. The Hall–Kier alpha value is -1.07. The maximum Gasteiger partial charge on any atom is 3.00 e. The molecule has 0 saturated heterocycles. The molecule has 0 N–H and O–H groups in total. The van der Waals surface area contributed by atoms with Crippen LogP contribution < -0.4 is 15.3 Å². The minimum Gasteiger partial charge on any atom is -0.550 e. The van der Waals surface area contributed by atoms with Crippen molar-refractivity contribution in [2.24, 2.45) is 35.5 Å². The summed E-state index contributed by atoms with van der Waals surface area (Å²) in [7, 11) is 0. The molecule has 6 nitrogen and oxygen atoms in total. The van der Waals surface area contributed by atoms with Crippen LogP contribution in [0.25, 0.3) is 0 Å². The molecule has 215 valence electrons. The Morgan fingerprint density at radius 1 is 0.486 bits per heavy atom. The number of carboxylic acids is 3. The molecule has 3 aliphatic carbocycles. The van der Waals surface area contributed by atoms with Crippen LogP contribution in [0.4, 0.5) is 0 Å². The van der Waals surface area contributed by atoms with Gasteiger partial charge in [0.1, 0.15) is 0 Å². The Kier molecular flexibility index (Phi) is 20.2. The first-order valence-corrected chi connectivity index (χ1v) is 14.9. The molecule has 3 rings (SSSR count). The van der Waals surface area contributed by atoms with E-state index in [1.165, 1.54) is 57.8 Å². The Morgan fingerprint density at radius 3 is 0.811 bits per heavy atom. The standard InChI is InChI=1S/3C10H18O2.Fe/c3*1-2-9(10(11)12)8-6-4-3-5-7-8;/h3*8-9H,2-7H2,1H3,(H,11,12);/q;;;+3/p-3. The molecule has 0 aromatic carbocycles. The van der Waals surface area contributed by atoms with Crippen LogP contribution in [-0.4, -0.2) is 17.9 Å². The number of carbonyl (C=O) groups excluding carboxylic acids is 3. The first kappa shape index (κ1) is 35.9. The summed E-state index contributed by atoms with van der Waals surface area (Å²) in [5, 5.41) is 32.2. The largest absolute Gasteiger partial charge is 3.00 e. The van der Waals surface area contributed by atoms with E-state index in [2.05, 4.69) is 0 Å². The zero-order chi connectivity index (χ0) is 26.9. The van der Waals surface area contributed by atoms with Crippen molar-refractivity contribution in [3.05, 3.63) is 0 Å². The third-order valence-corrected chi connectivity index (χ3v) is 8.88. The smallest absolute Gasteiger partial charge is 0.550 e. The average molecular weight is 564 g/mol. The summed E-state index contributed by atoms with van der Waals surface area (Å²) >= 11 is 0. The van der Waals surface area contributed by atoms with Gasteiger partial charge >= 0.3 is 17.1 Å². The van der Waals surface area contributed by atoms with Gasteiger partial charge in [-0.3, -0.25) is 0 Å². The van der Waals surface area contributed by atoms with Crippen molar-refractivity contribution in [2.45, 2.75) is 136 Å². The van der Waals surface area contributed by atoms with E-state index in [4.69, 9.17) is 0 Å². The monoisotopic (exact) mass is 563 g/mol. The van der Waals surface area contributed by atoms with Gasteiger partial charge in [0.05, 0.1) is 0 Å². The first-order valence-electron chi connectivity index (χ1n) is 14.9. The minimum atomic E-state index is -0.843. The van der Waals surface area contributed by atoms with Crippen molar-refractivity contribution in [3.8, 4) is 0 Å². The number of rotatable bonds is 9. The SMILES string of the molecule is CCC(C(=O)[O-])C1CCCCC1.CCC(C(=O)[O-])C1CCCCC1.CCC(C(=O)[O-])C1CCCCC1.[Fe+3]. The topological polar surface area (TPSA) is 120 Å². The van der Waals surface area contributed by atoms with Crippen molar-refractivity contribution in [2.75, 3.05) is 0 Å². The van der Waals surface area contributed by atoms with Gasteiger partial charge in [0.2, 0.25) is 0 Å². The Morgan fingerprint density at radius 2 is 0.676 bits per heavy atom. The van der Waals surface area contributed by atoms with Gasteiger partial charge in [-0.05, 0) is 75.5 Å². The Bertz CT molecular complexity index is 536. The fourth-order valence-corrected chi connectivity index (χ4v) is 6.69. The van der Waals surface area contributed by atoms with Crippen molar-refractivity contribution in [1.29, 1.82) is 0 Å². The maximum absolute atomic E-state index is 10.7. The second-order valence-electron chi connectivity index (χ2n) is 11.2. The molecule has 7 heteroatoms. The number of carbonyl (C=O) groups is 3. The molecule has 3 unspecified atom stereocenters. The number of aliphatic carboxylic acids is 3. The molecule has 0 spiro atoms. The molecule has 3 saturated carbocycles. The molecule has 37 heavy (non-hydrogen) atoms. The van der Waals surface area contributed by atoms with Crippen LogP contribution in [0.3, 0.4) is 0 Å². The molecule has 0 aromatic rings. The van der Waals surface area contributed by atoms with Crippen LogP contribution in [0.15, 0.2) is 0 Å². The van der Waals surface area contributed by atoms with Crippen LogP contribution in [0.1, 0.15) is 136 Å². The van der Waals surface area contributed by atoms with Gasteiger partial charge in [-0.2, -0.15) is 0 Å². The average Bonchev–Trinajstić information content (AvgIpc) is 2.87. The molecule has 0 aliphatic heterocycles. The van der Waals surface area contributed by atoms with E-state index in [1.54, 1.807) is 0 Å². The van der Waals surface area contributed by atoms with E-state index in [1.807, 2.05) is 20.8 Å². The van der Waals surface area contributed by atoms with Crippen molar-refractivity contribution >= 4 is 17.9 Å². The fraction of sp³-hybridized carbons (Fsp3) is 0.900. The van der Waals surface area contributed by atoms with Crippen molar-refractivity contribution in [3.63, 3.8) is 0 Å². The first-order chi connectivity index (χ1) is 17.3. The third kappa shape index (κ3) is 13.5. The zero-order valence-electron chi connectivity index (χ0n) is 23.5. The van der Waals surface area contributed by atoms with Gasteiger partial charge in [-0.1, -0.05) is 78.6 Å². The molecular formula is C30H51FeO6. The molecule has 3 atom stereocenters. The third-order valence-electron chi connectivity index (χ3n) is 8.88. The quantitative estimate of drug-likeness (QED) is 0.391. The van der Waals surface area contributed by atoms with Crippen LogP contribution in [-0.2, 0) is 31.5 Å². The predicted molar refractivity (Wildman–Crippen MR) is 136 cm³/mol. The summed E-state index contributed by atoms with van der Waals surface area (Å²) in [5.74, 6) is -1.91. The van der Waals surface area contributed by atoms with Gasteiger partial charge in [0.25, 0.3) is 0 Å². The summed E-state index contributed by atoms with van der Waals surface area (Å²) in [6.45, 7) is 5.82. The van der Waals surface area contributed by atoms with Gasteiger partial charge in [-0.25, -0.2) is 0 Å². The Labute approximate surface area is 236 Å². The summed E-state index contributed by atoms with van der Waals surface area (Å²) in [4.78, 5) is 32.2. The molecule has 0 aromatic heterocycles. The maximum atomic E-state index is 10.7. The molecular weight excluding hydrogens is 512 g/mol. The summed E-state index contributed by atoms with van der Waals surface area (Å²) in [6, 6.07) is 0. The molecule has 0 amide bonds. The number of hydrogen-bond acceptors (Lipinski definition) is 6. The summed E-state index contributed by atoms with van der Waals surface area (Å²) < 4.78 is 0. The normalized spacial score (nSPS) is 21.5. The van der Waals surface area contributed by atoms with E-state index in [0.29, 0.717) is 17.8 Å². The summed E-state index contributed by atoms with van der Waals surface area (Å²) in [5.41, 5.74) is 0. The van der Waals surface area contributed by atoms with Crippen LogP contribution >= 0.6 is 0 Å². The summed E-state index contributed by atoms with van der Waals surface area (Å²) in [6.07, 6.45) is 19.8. The van der Waals surface area contributed by atoms with Crippen molar-refractivity contribution < 1.29 is 46.8 Å². The molecule has 0 heterocycles. The van der Waals surface area contributed by atoms with Crippen molar-refractivity contribution in [1.82, 2.24) is 0 Å². The second-order valence-corrected chi connectivity index (χ2v) is 11.2. The van der Waals surface area contributed by atoms with E-state index in [0.717, 1.165) is 57.8 Å². The van der Waals surface area contributed by atoms with E-state index in [-0.39, 0.29) is 34.8 Å². The van der Waals surface area contributed by atoms with Gasteiger partial charge in [0.15, 0.2) is 0 Å². The Balaban J connectivity index is 0.000000518.